The van der Waals surface area contributed by atoms with Gasteiger partial charge in [-0.2, -0.15) is 0 Å². The first-order chi connectivity index (χ1) is 24.2. The lowest BCUT2D eigenvalue weighted by atomic mass is 10.00. The van der Waals surface area contributed by atoms with Gasteiger partial charge in [0.2, 0.25) is 11.8 Å². The largest absolute Gasteiger partial charge is 0.469 e. The van der Waals surface area contributed by atoms with Gasteiger partial charge in [-0.25, -0.2) is 14.8 Å². The Balaban J connectivity index is 1.17. The monoisotopic (exact) mass is 681 g/mol. The van der Waals surface area contributed by atoms with Gasteiger partial charge < -0.3 is 34.6 Å². The molecule has 3 N–H and O–H groups in total. The molecule has 0 bridgehead atoms. The van der Waals surface area contributed by atoms with Gasteiger partial charge in [0.1, 0.15) is 17.7 Å². The summed E-state index contributed by atoms with van der Waals surface area (Å²) in [5, 5.41) is 2.64. The van der Waals surface area contributed by atoms with Crippen LogP contribution < -0.4 is 5.32 Å². The van der Waals surface area contributed by atoms with Crippen LogP contribution in [0.3, 0.4) is 0 Å². The molecule has 0 unspecified atom stereocenters. The maximum Gasteiger partial charge on any atom is 0.407 e. The number of hydrogen-bond donors (Lipinski definition) is 3. The number of esters is 1. The molecule has 0 aliphatic carbocycles. The molecule has 0 radical (unpaired) electrons. The van der Waals surface area contributed by atoms with Crippen molar-refractivity contribution >= 4 is 45.9 Å². The lowest BCUT2D eigenvalue weighted by molar-refractivity contribution is -0.147. The molecule has 50 heavy (non-hydrogen) atoms. The van der Waals surface area contributed by atoms with Crippen LogP contribution in [0.5, 0.6) is 0 Å². The number of benzene rings is 2. The summed E-state index contributed by atoms with van der Waals surface area (Å²) in [5.41, 5.74) is 4.86. The Kier molecular flexibility index (Phi) is 10.4. The number of likely N-dealkylation sites (tertiary alicyclic amines) is 2. The highest BCUT2D eigenvalue weighted by Crippen LogP contribution is 2.34. The number of alkyl carbamates (subject to hydrolysis) is 1. The molecule has 13 nitrogen and oxygen atoms in total. The van der Waals surface area contributed by atoms with Crippen LogP contribution in [0, 0.1) is 17.8 Å². The minimum Gasteiger partial charge on any atom is -0.469 e. The van der Waals surface area contributed by atoms with Crippen molar-refractivity contribution in [3.63, 3.8) is 0 Å². The van der Waals surface area contributed by atoms with Gasteiger partial charge in [-0.1, -0.05) is 25.7 Å². The summed E-state index contributed by atoms with van der Waals surface area (Å²) in [4.78, 5) is 70.5. The van der Waals surface area contributed by atoms with Crippen molar-refractivity contribution < 1.29 is 28.7 Å². The summed E-state index contributed by atoms with van der Waals surface area (Å²) >= 11 is 0. The molecule has 2 fully saturated rings. The van der Waals surface area contributed by atoms with E-state index in [0.29, 0.717) is 31.8 Å². The minimum atomic E-state index is -0.665. The number of aromatic amines is 2. The molecule has 4 atom stereocenters. The van der Waals surface area contributed by atoms with E-state index in [-0.39, 0.29) is 36.3 Å². The Bertz CT molecular complexity index is 1830. The van der Waals surface area contributed by atoms with Crippen LogP contribution in [0.25, 0.3) is 22.1 Å². The molecule has 262 valence electrons. The summed E-state index contributed by atoms with van der Waals surface area (Å²) in [6, 6.07) is 10.6. The van der Waals surface area contributed by atoms with Gasteiger partial charge in [0, 0.05) is 30.1 Å². The lowest BCUT2D eigenvalue weighted by Gasteiger charge is -2.27. The van der Waals surface area contributed by atoms with Gasteiger partial charge in [0.25, 0.3) is 0 Å². The van der Waals surface area contributed by atoms with Crippen molar-refractivity contribution in [1.29, 1.82) is 0 Å². The third-order valence-electron chi connectivity index (χ3n) is 9.72. The molecule has 4 aromatic rings. The van der Waals surface area contributed by atoms with Gasteiger partial charge >= 0.3 is 12.1 Å². The van der Waals surface area contributed by atoms with E-state index in [1.54, 1.807) is 4.90 Å². The molecule has 2 saturated heterocycles. The van der Waals surface area contributed by atoms with Crippen molar-refractivity contribution in [2.24, 2.45) is 5.92 Å². The van der Waals surface area contributed by atoms with Crippen molar-refractivity contribution in [2.75, 3.05) is 27.3 Å². The fraction of sp³-hybridized carbons (Fsp3) is 0.459. The quantitative estimate of drug-likeness (QED) is 0.166. The number of ether oxygens (including phenoxy) is 2. The number of methoxy groups -OCH3 is 2. The van der Waals surface area contributed by atoms with E-state index in [2.05, 4.69) is 27.1 Å². The number of fused-ring (bicyclic) bond motifs is 2. The second-order valence-corrected chi connectivity index (χ2v) is 12.8. The van der Waals surface area contributed by atoms with Crippen molar-refractivity contribution in [3.8, 4) is 11.8 Å². The maximum atomic E-state index is 13.4. The SMILES string of the molecule is CC[C@H](CC(=O)OC)C(=O)N1CCC[C@H]1c1nc2ccc(C#Cc3ccc4nc([C@@H]5CCCN5C(=O)[C@H](CC)NC(=O)OC)[nH]c4c3)cc2[nH]1. The topological polar surface area (TPSA) is 163 Å². The number of amides is 3. The summed E-state index contributed by atoms with van der Waals surface area (Å²) in [5.74, 6) is 6.96. The molecule has 2 aromatic heterocycles. The molecule has 2 aromatic carbocycles. The maximum absolute atomic E-state index is 13.4. The van der Waals surface area contributed by atoms with Gasteiger partial charge in [0.05, 0.1) is 54.8 Å². The summed E-state index contributed by atoms with van der Waals surface area (Å²) in [7, 11) is 2.62. The zero-order valence-electron chi connectivity index (χ0n) is 28.9. The third-order valence-corrected chi connectivity index (χ3v) is 9.72. The Morgan fingerprint density at radius 2 is 1.36 bits per heavy atom. The fourth-order valence-corrected chi connectivity index (χ4v) is 6.97. The number of H-pyrrole nitrogens is 2. The van der Waals surface area contributed by atoms with E-state index < -0.39 is 18.1 Å². The lowest BCUT2D eigenvalue weighted by Crippen LogP contribution is -2.48. The third kappa shape index (κ3) is 7.15. The van der Waals surface area contributed by atoms with Gasteiger partial charge in [-0.3, -0.25) is 14.4 Å². The summed E-state index contributed by atoms with van der Waals surface area (Å²) in [6.45, 7) is 4.98. The zero-order chi connectivity index (χ0) is 35.4. The zero-order valence-corrected chi connectivity index (χ0v) is 28.9. The second kappa shape index (κ2) is 15.0. The summed E-state index contributed by atoms with van der Waals surface area (Å²) in [6.07, 6.45) is 3.73. The van der Waals surface area contributed by atoms with Crippen LogP contribution in [0.2, 0.25) is 0 Å². The van der Waals surface area contributed by atoms with Crippen LogP contribution >= 0.6 is 0 Å². The molecule has 4 heterocycles. The predicted octanol–water partition coefficient (Wildman–Crippen LogP) is 4.89. The molecular weight excluding hydrogens is 638 g/mol. The van der Waals surface area contributed by atoms with Gasteiger partial charge in [-0.05, 0) is 74.9 Å². The molecule has 6 rings (SSSR count). The number of aromatic nitrogens is 4. The van der Waals surface area contributed by atoms with Crippen molar-refractivity contribution in [2.45, 2.75) is 76.9 Å². The summed E-state index contributed by atoms with van der Waals surface area (Å²) < 4.78 is 9.51. The average molecular weight is 682 g/mol. The van der Waals surface area contributed by atoms with E-state index in [1.165, 1.54) is 14.2 Å². The number of rotatable bonds is 9. The molecule has 0 spiro atoms. The van der Waals surface area contributed by atoms with Crippen LogP contribution in [0.4, 0.5) is 4.79 Å². The predicted molar refractivity (Wildman–Crippen MR) is 186 cm³/mol. The number of hydrogen-bond acceptors (Lipinski definition) is 8. The Hall–Kier alpha value is -5.38. The van der Waals surface area contributed by atoms with Crippen LogP contribution in [0.15, 0.2) is 36.4 Å². The van der Waals surface area contributed by atoms with Gasteiger partial charge in [0.15, 0.2) is 0 Å². The molecular formula is C37H43N7O6. The van der Waals surface area contributed by atoms with E-state index in [0.717, 1.165) is 64.7 Å². The standard InChI is InChI=1S/C37H43N7O6/c1-5-24(21-32(45)49-3)35(46)43-17-7-9-30(43)33-38-26-15-13-22(19-28(26)40-33)11-12-23-14-16-27-29(20-23)41-34(39-27)31-10-8-18-44(31)36(47)25(6-2)42-37(48)50-4/h13-16,19-20,24-25,30-31H,5-10,17-18,21H2,1-4H3,(H,38,40)(H,39,41)(H,42,48)/t24-,25+,30+,31+/m1/s1. The average Bonchev–Trinajstić information content (AvgIpc) is 3.95. The number of carbonyl (C=O) groups excluding carboxylic acids is 4. The number of nitrogens with one attached hydrogen (secondary N) is 3. The first-order valence-corrected chi connectivity index (χ1v) is 17.3. The normalized spacial score (nSPS) is 18.5. The first-order valence-electron chi connectivity index (χ1n) is 17.3. The van der Waals surface area contributed by atoms with Crippen molar-refractivity contribution in [3.05, 3.63) is 59.2 Å². The van der Waals surface area contributed by atoms with Gasteiger partial charge in [-0.15, -0.1) is 0 Å². The number of nitrogens with zero attached hydrogens (tertiary/aromatic N) is 4. The highest BCUT2D eigenvalue weighted by Gasteiger charge is 2.37. The van der Waals surface area contributed by atoms with Crippen LogP contribution in [0.1, 0.15) is 93.7 Å². The number of imidazole rings is 2. The fourth-order valence-electron chi connectivity index (χ4n) is 6.97. The Morgan fingerprint density at radius 1 is 0.820 bits per heavy atom. The van der Waals surface area contributed by atoms with E-state index in [1.807, 2.05) is 55.1 Å². The molecule has 13 heteroatoms. The Morgan fingerprint density at radius 3 is 1.84 bits per heavy atom. The smallest absolute Gasteiger partial charge is 0.407 e. The molecule has 3 amide bonds. The Labute approximate surface area is 290 Å². The molecule has 0 saturated carbocycles. The van der Waals surface area contributed by atoms with Crippen LogP contribution in [-0.2, 0) is 23.9 Å². The second-order valence-electron chi connectivity index (χ2n) is 12.8. The molecule has 2 aliphatic rings. The highest BCUT2D eigenvalue weighted by molar-refractivity contribution is 5.87. The minimum absolute atomic E-state index is 0.0408. The van der Waals surface area contributed by atoms with E-state index in [9.17, 15) is 19.2 Å². The first kappa shape index (κ1) is 34.5. The highest BCUT2D eigenvalue weighted by atomic mass is 16.5. The van der Waals surface area contributed by atoms with E-state index >= 15 is 0 Å². The number of carbonyl (C=O) groups is 4. The molecule has 2 aliphatic heterocycles. The van der Waals surface area contributed by atoms with Crippen LogP contribution in [-0.4, -0.2) is 87.0 Å². The van der Waals surface area contributed by atoms with E-state index in [4.69, 9.17) is 19.4 Å². The van der Waals surface area contributed by atoms with Crippen molar-refractivity contribution in [1.82, 2.24) is 35.1 Å².